The van der Waals surface area contributed by atoms with Crippen molar-refractivity contribution in [2.24, 2.45) is 0 Å². The largest absolute Gasteiger partial charge is 0.543 e. The van der Waals surface area contributed by atoms with Gasteiger partial charge in [-0.05, 0) is 84.9 Å². The number of rotatable bonds is 8. The zero-order chi connectivity index (χ0) is 33.9. The molecule has 6 aromatic rings. The number of hydrogen-bond donors (Lipinski definition) is 0. The second-order valence-electron chi connectivity index (χ2n) is 12.8. The van der Waals surface area contributed by atoms with Crippen molar-refractivity contribution in [2.45, 2.75) is 48.7 Å². The number of benzene rings is 4. The summed E-state index contributed by atoms with van der Waals surface area (Å²) in [7, 11) is -10.9. The van der Waals surface area contributed by atoms with Crippen molar-refractivity contribution in [2.75, 3.05) is 0 Å². The molecule has 0 atom stereocenters. The molecule has 6 rings (SSSR count). The highest BCUT2D eigenvalue weighted by Gasteiger charge is 2.39. The molecule has 0 fully saturated rings. The SMILES string of the molecule is CC(C)(C)[Si](C)(C)Oc1ccc2c(c1)cc(C(=O)c1cc3c(Br)cccc3n1S(=O)(=O)c1ccccc1)n2S(=O)(=O)c1ccccc1. The molecule has 0 aliphatic rings. The number of aromatic nitrogens is 2. The quantitative estimate of drug-likeness (QED) is 0.114. The first kappa shape index (κ1) is 32.9. The molecule has 0 saturated carbocycles. The van der Waals surface area contributed by atoms with Gasteiger partial charge in [0.15, 0.2) is 0 Å². The van der Waals surface area contributed by atoms with Crippen molar-refractivity contribution in [1.82, 2.24) is 7.94 Å². The number of ketones is 1. The maximum atomic E-state index is 14.7. The first-order valence-corrected chi connectivity index (χ1v) is 21.4. The van der Waals surface area contributed by atoms with E-state index >= 15 is 0 Å². The van der Waals surface area contributed by atoms with Crippen LogP contribution in [0.2, 0.25) is 18.1 Å². The minimum absolute atomic E-state index is 0.0172. The average Bonchev–Trinajstić information content (AvgIpc) is 3.61. The van der Waals surface area contributed by atoms with Gasteiger partial charge in [0, 0.05) is 15.2 Å². The van der Waals surface area contributed by atoms with Crippen molar-refractivity contribution < 1.29 is 26.1 Å². The summed E-state index contributed by atoms with van der Waals surface area (Å²) in [6, 6.07) is 28.7. The molecular formula is C35H33BrN2O6S2Si. The predicted molar refractivity (Wildman–Crippen MR) is 191 cm³/mol. The third-order valence-corrected chi connectivity index (χ3v) is 17.2. The number of hydrogen-bond acceptors (Lipinski definition) is 6. The summed E-state index contributed by atoms with van der Waals surface area (Å²) in [5.74, 6) is -0.225. The van der Waals surface area contributed by atoms with Crippen LogP contribution in [0.4, 0.5) is 0 Å². The number of fused-ring (bicyclic) bond motifs is 2. The summed E-state index contributed by atoms with van der Waals surface area (Å²) in [4.78, 5) is 14.7. The third kappa shape index (κ3) is 5.66. The van der Waals surface area contributed by atoms with Crippen LogP contribution in [0.1, 0.15) is 37.0 Å². The Morgan fingerprint density at radius 3 is 1.77 bits per heavy atom. The lowest BCUT2D eigenvalue weighted by Gasteiger charge is -2.36. The van der Waals surface area contributed by atoms with Crippen LogP contribution >= 0.6 is 15.9 Å². The number of halogens is 1. The summed E-state index contributed by atoms with van der Waals surface area (Å²) in [5, 5.41) is 0.852. The van der Waals surface area contributed by atoms with Gasteiger partial charge in [-0.15, -0.1) is 0 Å². The van der Waals surface area contributed by atoms with E-state index in [1.54, 1.807) is 72.8 Å². The van der Waals surface area contributed by atoms with E-state index in [4.69, 9.17) is 4.43 Å². The van der Waals surface area contributed by atoms with Crippen molar-refractivity contribution in [3.63, 3.8) is 0 Å². The lowest BCUT2D eigenvalue weighted by molar-refractivity contribution is 0.102. The van der Waals surface area contributed by atoms with Gasteiger partial charge in [-0.3, -0.25) is 4.79 Å². The first-order chi connectivity index (χ1) is 22.0. The van der Waals surface area contributed by atoms with Crippen LogP contribution in [0, 0.1) is 0 Å². The van der Waals surface area contributed by atoms with E-state index in [-0.39, 0.29) is 37.3 Å². The molecule has 0 unspecified atom stereocenters. The topological polar surface area (TPSA) is 104 Å². The van der Waals surface area contributed by atoms with E-state index in [0.717, 1.165) is 7.94 Å². The molecule has 2 heterocycles. The van der Waals surface area contributed by atoms with E-state index < -0.39 is 34.1 Å². The normalized spacial score (nSPS) is 12.9. The zero-order valence-corrected chi connectivity index (χ0v) is 30.6. The van der Waals surface area contributed by atoms with E-state index in [1.165, 1.54) is 36.4 Å². The molecule has 0 saturated heterocycles. The minimum Gasteiger partial charge on any atom is -0.543 e. The Morgan fingerprint density at radius 2 is 1.21 bits per heavy atom. The van der Waals surface area contributed by atoms with E-state index in [1.807, 2.05) is 0 Å². The van der Waals surface area contributed by atoms with Crippen molar-refractivity contribution in [3.05, 3.63) is 125 Å². The fourth-order valence-corrected chi connectivity index (χ4v) is 9.76. The van der Waals surface area contributed by atoms with Crippen LogP contribution in [0.25, 0.3) is 21.8 Å². The van der Waals surface area contributed by atoms with E-state index in [9.17, 15) is 21.6 Å². The van der Waals surface area contributed by atoms with Crippen molar-refractivity contribution >= 4 is 71.9 Å². The average molecular weight is 750 g/mol. The highest BCUT2D eigenvalue weighted by atomic mass is 79.9. The maximum absolute atomic E-state index is 14.7. The van der Waals surface area contributed by atoms with E-state index in [2.05, 4.69) is 49.8 Å². The Morgan fingerprint density at radius 1 is 0.681 bits per heavy atom. The molecule has 0 radical (unpaired) electrons. The third-order valence-electron chi connectivity index (χ3n) is 8.68. The van der Waals surface area contributed by atoms with E-state index in [0.29, 0.717) is 21.0 Å². The molecule has 0 aliphatic heterocycles. The summed E-state index contributed by atoms with van der Waals surface area (Å²) >= 11 is 3.49. The maximum Gasteiger partial charge on any atom is 0.268 e. The van der Waals surface area contributed by atoms with Crippen LogP contribution < -0.4 is 4.43 Å². The van der Waals surface area contributed by atoms with Gasteiger partial charge in [0.2, 0.25) is 14.1 Å². The Balaban J connectivity index is 1.63. The molecule has 4 aromatic carbocycles. The summed E-state index contributed by atoms with van der Waals surface area (Å²) < 4.78 is 66.0. The van der Waals surface area contributed by atoms with Crippen LogP contribution in [-0.2, 0) is 20.0 Å². The molecule has 0 N–H and O–H groups in total. The van der Waals surface area contributed by atoms with Crippen LogP contribution in [-0.4, -0.2) is 38.9 Å². The van der Waals surface area contributed by atoms with Gasteiger partial charge < -0.3 is 4.43 Å². The van der Waals surface area contributed by atoms with Gasteiger partial charge in [-0.1, -0.05) is 79.2 Å². The van der Waals surface area contributed by atoms with Gasteiger partial charge >= 0.3 is 0 Å². The van der Waals surface area contributed by atoms with Gasteiger partial charge in [0.1, 0.15) is 17.1 Å². The highest BCUT2D eigenvalue weighted by molar-refractivity contribution is 9.10. The summed E-state index contributed by atoms with van der Waals surface area (Å²) in [6.07, 6.45) is 0. The lowest BCUT2D eigenvalue weighted by atomic mass is 10.2. The highest BCUT2D eigenvalue weighted by Crippen LogP contribution is 2.39. The molecule has 0 amide bonds. The molecule has 47 heavy (non-hydrogen) atoms. The Kier molecular flexibility index (Phi) is 8.15. The lowest BCUT2D eigenvalue weighted by Crippen LogP contribution is -2.43. The summed E-state index contributed by atoms with van der Waals surface area (Å²) in [6.45, 7) is 10.6. The van der Waals surface area contributed by atoms with Crippen molar-refractivity contribution in [3.8, 4) is 5.75 Å². The molecule has 0 bridgehead atoms. The van der Waals surface area contributed by atoms with Crippen LogP contribution in [0.5, 0.6) is 5.75 Å². The fraction of sp³-hybridized carbons (Fsp3) is 0.171. The van der Waals surface area contributed by atoms with Crippen LogP contribution in [0.3, 0.4) is 0 Å². The molecule has 8 nitrogen and oxygen atoms in total. The molecule has 12 heteroatoms. The molecule has 2 aromatic heterocycles. The minimum atomic E-state index is -4.32. The fourth-order valence-electron chi connectivity index (χ4n) is 5.21. The Hall–Kier alpha value is -3.97. The van der Waals surface area contributed by atoms with Gasteiger partial charge in [0.05, 0.1) is 20.8 Å². The predicted octanol–water partition coefficient (Wildman–Crippen LogP) is 8.45. The molecule has 0 spiro atoms. The van der Waals surface area contributed by atoms with Crippen LogP contribution in [0.15, 0.2) is 123 Å². The first-order valence-electron chi connectivity index (χ1n) is 14.8. The number of carbonyl (C=O) groups excluding carboxylic acids is 1. The summed E-state index contributed by atoms with van der Waals surface area (Å²) in [5.41, 5.74) is 0.109. The number of carbonyl (C=O) groups is 1. The Bertz CT molecular complexity index is 2390. The van der Waals surface area contributed by atoms with Gasteiger partial charge in [-0.2, -0.15) is 0 Å². The van der Waals surface area contributed by atoms with Gasteiger partial charge in [0.25, 0.3) is 20.0 Å². The van der Waals surface area contributed by atoms with Crippen molar-refractivity contribution in [1.29, 1.82) is 0 Å². The zero-order valence-electron chi connectivity index (χ0n) is 26.4. The Labute approximate surface area is 284 Å². The standard InChI is InChI=1S/C35H33BrN2O6S2Si/c1-35(2,3)47(4,5)44-25-19-20-30-24(21-25)22-32(37(30)45(40,41)26-13-8-6-9-14-26)34(39)33-23-28-29(36)17-12-18-31(28)38(33)46(42,43)27-15-10-7-11-16-27/h6-23H,1-5H3. The second kappa shape index (κ2) is 11.6. The molecule has 242 valence electrons. The van der Waals surface area contributed by atoms with Gasteiger partial charge in [-0.25, -0.2) is 24.8 Å². The monoisotopic (exact) mass is 748 g/mol. The number of nitrogens with zero attached hydrogens (tertiary/aromatic N) is 2. The second-order valence-corrected chi connectivity index (χ2v) is 22.0. The smallest absolute Gasteiger partial charge is 0.268 e. The molecule has 0 aliphatic carbocycles. The molecular weight excluding hydrogens is 717 g/mol.